The van der Waals surface area contributed by atoms with Gasteiger partial charge in [0.15, 0.2) is 5.78 Å². The van der Waals surface area contributed by atoms with Crippen LogP contribution in [-0.2, 0) is 0 Å². The molecule has 0 aliphatic heterocycles. The van der Waals surface area contributed by atoms with E-state index in [-0.39, 0.29) is 47.1 Å². The summed E-state index contributed by atoms with van der Waals surface area (Å²) in [4.78, 5) is 37.8. The number of carbonyl (C=O) groups excluding carboxylic acids is 2. The lowest BCUT2D eigenvalue weighted by atomic mass is 10.0. The lowest BCUT2D eigenvalue weighted by Crippen LogP contribution is -2.27. The lowest BCUT2D eigenvalue weighted by molar-refractivity contribution is 0.0944. The number of aliphatic hydroxyl groups is 1. The number of nitrogens with zero attached hydrogens (tertiary/aromatic N) is 1. The number of hydrogen-bond donors (Lipinski definition) is 3. The van der Waals surface area contributed by atoms with Crippen LogP contribution in [0.3, 0.4) is 0 Å². The summed E-state index contributed by atoms with van der Waals surface area (Å²) < 4.78 is 19.6. The molecule has 0 saturated heterocycles. The number of aliphatic hydroxyl groups excluding tert-OH is 1. The van der Waals surface area contributed by atoms with Crippen molar-refractivity contribution in [3.05, 3.63) is 87.5 Å². The van der Waals surface area contributed by atoms with E-state index in [4.69, 9.17) is 15.6 Å². The highest BCUT2D eigenvalue weighted by Gasteiger charge is 2.20. The van der Waals surface area contributed by atoms with Crippen LogP contribution in [0, 0.1) is 5.82 Å². The number of halogens is 1. The zero-order valence-electron chi connectivity index (χ0n) is 16.6. The van der Waals surface area contributed by atoms with Gasteiger partial charge in [0.2, 0.25) is 0 Å². The van der Waals surface area contributed by atoms with Crippen molar-refractivity contribution in [3.63, 3.8) is 0 Å². The van der Waals surface area contributed by atoms with Crippen molar-refractivity contribution in [3.8, 4) is 11.4 Å². The normalized spacial score (nSPS) is 10.5. The number of aromatic nitrogens is 1. The molecule has 1 aromatic heterocycles. The van der Waals surface area contributed by atoms with Gasteiger partial charge in [0.1, 0.15) is 17.4 Å². The summed E-state index contributed by atoms with van der Waals surface area (Å²) >= 11 is 0. The number of rotatable bonds is 7. The molecular weight excluding hydrogens is 405 g/mol. The Hall–Kier alpha value is -3.98. The van der Waals surface area contributed by atoms with E-state index < -0.39 is 23.1 Å². The van der Waals surface area contributed by atoms with Gasteiger partial charge in [-0.1, -0.05) is 0 Å². The molecule has 9 heteroatoms. The number of ether oxygens (including phenoxy) is 1. The highest BCUT2D eigenvalue weighted by Crippen LogP contribution is 2.27. The molecule has 0 radical (unpaired) electrons. The lowest BCUT2D eigenvalue weighted by Gasteiger charge is -2.17. The Balaban J connectivity index is 2.13. The third-order valence-electron chi connectivity index (χ3n) is 4.56. The molecule has 8 nitrogen and oxygen atoms in total. The standard InChI is InChI=1S/C22H20FN3O5/c1-31-18-8-4-14(22(30)25-10-11-27)12-17(18)26-19(28)9-7-16(21(26)24)20(29)13-2-5-15(23)6-3-13/h2-9,12,27H,10-11,24H2,1H3,(H,25,30). The zero-order chi connectivity index (χ0) is 22.5. The van der Waals surface area contributed by atoms with Gasteiger partial charge in [0.05, 0.1) is 25.0 Å². The number of hydrogen-bond acceptors (Lipinski definition) is 6. The number of anilines is 1. The first-order chi connectivity index (χ1) is 14.9. The molecule has 0 aliphatic rings. The van der Waals surface area contributed by atoms with Crippen molar-refractivity contribution in [1.29, 1.82) is 0 Å². The Bertz CT molecular complexity index is 1190. The number of benzene rings is 2. The van der Waals surface area contributed by atoms with Crippen molar-refractivity contribution in [2.45, 2.75) is 0 Å². The van der Waals surface area contributed by atoms with Gasteiger partial charge in [0.25, 0.3) is 11.5 Å². The van der Waals surface area contributed by atoms with Crippen LogP contribution < -0.4 is 21.3 Å². The number of amides is 1. The Morgan fingerprint density at radius 2 is 1.77 bits per heavy atom. The summed E-state index contributed by atoms with van der Waals surface area (Å²) in [6, 6.07) is 11.8. The summed E-state index contributed by atoms with van der Waals surface area (Å²) in [6.45, 7) is -0.168. The van der Waals surface area contributed by atoms with E-state index in [2.05, 4.69) is 5.32 Å². The second-order valence-electron chi connectivity index (χ2n) is 6.51. The monoisotopic (exact) mass is 425 g/mol. The van der Waals surface area contributed by atoms with Gasteiger partial charge >= 0.3 is 0 Å². The Morgan fingerprint density at radius 3 is 2.42 bits per heavy atom. The zero-order valence-corrected chi connectivity index (χ0v) is 16.6. The van der Waals surface area contributed by atoms with E-state index in [0.29, 0.717) is 0 Å². The maximum Gasteiger partial charge on any atom is 0.256 e. The number of nitrogens with one attached hydrogen (secondary N) is 1. The number of carbonyl (C=O) groups is 2. The molecule has 0 unspecified atom stereocenters. The molecule has 0 fully saturated rings. The molecule has 0 atom stereocenters. The third kappa shape index (κ3) is 4.46. The molecule has 2 aromatic carbocycles. The summed E-state index contributed by atoms with van der Waals surface area (Å²) in [5, 5.41) is 11.4. The van der Waals surface area contributed by atoms with E-state index in [1.54, 1.807) is 0 Å². The van der Waals surface area contributed by atoms with Crippen molar-refractivity contribution in [1.82, 2.24) is 9.88 Å². The maximum atomic E-state index is 13.2. The van der Waals surface area contributed by atoms with Crippen LogP contribution >= 0.6 is 0 Å². The smallest absolute Gasteiger partial charge is 0.256 e. The fraction of sp³-hybridized carbons (Fsp3) is 0.136. The molecule has 0 aliphatic carbocycles. The SMILES string of the molecule is COc1ccc(C(=O)NCCO)cc1-n1c(N)c(C(=O)c2ccc(F)cc2)ccc1=O. The quantitative estimate of drug-likeness (QED) is 0.493. The molecule has 1 heterocycles. The maximum absolute atomic E-state index is 13.2. The fourth-order valence-corrected chi connectivity index (χ4v) is 3.03. The number of methoxy groups -OCH3 is 1. The highest BCUT2D eigenvalue weighted by atomic mass is 19.1. The van der Waals surface area contributed by atoms with Crippen LogP contribution in [0.15, 0.2) is 59.4 Å². The van der Waals surface area contributed by atoms with Crippen LogP contribution in [-0.4, -0.2) is 41.6 Å². The molecule has 4 N–H and O–H groups in total. The van der Waals surface area contributed by atoms with Crippen LogP contribution in [0.4, 0.5) is 10.2 Å². The van der Waals surface area contributed by atoms with Gasteiger partial charge in [-0.05, 0) is 48.5 Å². The van der Waals surface area contributed by atoms with E-state index in [9.17, 15) is 18.8 Å². The first-order valence-electron chi connectivity index (χ1n) is 9.26. The largest absolute Gasteiger partial charge is 0.495 e. The first-order valence-corrected chi connectivity index (χ1v) is 9.26. The molecule has 0 spiro atoms. The van der Waals surface area contributed by atoms with E-state index >= 15 is 0 Å². The van der Waals surface area contributed by atoms with Crippen LogP contribution in [0.25, 0.3) is 5.69 Å². The molecular formula is C22H20FN3O5. The Labute approximate surface area is 176 Å². The fourth-order valence-electron chi connectivity index (χ4n) is 3.03. The van der Waals surface area contributed by atoms with Crippen molar-refractivity contribution in [2.75, 3.05) is 26.0 Å². The minimum Gasteiger partial charge on any atom is -0.495 e. The number of ketones is 1. The Kier molecular flexibility index (Phi) is 6.46. The van der Waals surface area contributed by atoms with Crippen molar-refractivity contribution in [2.24, 2.45) is 0 Å². The minimum atomic E-state index is -0.542. The van der Waals surface area contributed by atoms with Gasteiger partial charge in [0, 0.05) is 23.7 Å². The summed E-state index contributed by atoms with van der Waals surface area (Å²) in [6.07, 6.45) is 0. The number of pyridine rings is 1. The third-order valence-corrected chi connectivity index (χ3v) is 4.56. The molecule has 0 bridgehead atoms. The summed E-state index contributed by atoms with van der Waals surface area (Å²) in [5.74, 6) is -1.37. The molecule has 3 rings (SSSR count). The number of nitrogens with two attached hydrogens (primary N) is 1. The van der Waals surface area contributed by atoms with E-state index in [1.165, 1.54) is 49.6 Å². The average Bonchev–Trinajstić information content (AvgIpc) is 2.77. The predicted molar refractivity (Wildman–Crippen MR) is 112 cm³/mol. The first kappa shape index (κ1) is 21.7. The van der Waals surface area contributed by atoms with Gasteiger partial charge in [-0.2, -0.15) is 0 Å². The van der Waals surface area contributed by atoms with Gasteiger partial charge in [-0.15, -0.1) is 0 Å². The summed E-state index contributed by atoms with van der Waals surface area (Å²) in [7, 11) is 1.39. The second kappa shape index (κ2) is 9.23. The van der Waals surface area contributed by atoms with Gasteiger partial charge < -0.3 is 20.9 Å². The average molecular weight is 425 g/mol. The van der Waals surface area contributed by atoms with Gasteiger partial charge in [-0.3, -0.25) is 19.0 Å². The molecule has 0 saturated carbocycles. The topological polar surface area (TPSA) is 124 Å². The molecule has 160 valence electrons. The van der Waals surface area contributed by atoms with Crippen molar-refractivity contribution >= 4 is 17.5 Å². The van der Waals surface area contributed by atoms with Gasteiger partial charge in [-0.25, -0.2) is 4.39 Å². The Morgan fingerprint density at radius 1 is 1.10 bits per heavy atom. The second-order valence-corrected chi connectivity index (χ2v) is 6.51. The summed E-state index contributed by atoms with van der Waals surface area (Å²) in [5.41, 5.74) is 6.24. The predicted octanol–water partition coefficient (Wildman–Crippen LogP) is 1.52. The molecule has 31 heavy (non-hydrogen) atoms. The van der Waals surface area contributed by atoms with Crippen LogP contribution in [0.2, 0.25) is 0 Å². The van der Waals surface area contributed by atoms with Crippen LogP contribution in [0.5, 0.6) is 5.75 Å². The minimum absolute atomic E-state index is 0.0309. The van der Waals surface area contributed by atoms with Crippen LogP contribution in [0.1, 0.15) is 26.3 Å². The molecule has 1 amide bonds. The van der Waals surface area contributed by atoms with Crippen molar-refractivity contribution < 1.29 is 23.8 Å². The van der Waals surface area contributed by atoms with E-state index in [0.717, 1.165) is 16.7 Å². The molecule has 3 aromatic rings. The van der Waals surface area contributed by atoms with E-state index in [1.807, 2.05) is 0 Å². The highest BCUT2D eigenvalue weighted by molar-refractivity contribution is 6.11. The number of nitrogen functional groups attached to an aromatic ring is 1.